The lowest BCUT2D eigenvalue weighted by Gasteiger charge is -2.08. The third kappa shape index (κ3) is 2.98. The van der Waals surface area contributed by atoms with Crippen molar-refractivity contribution in [1.29, 1.82) is 0 Å². The number of hydrogen-bond acceptors (Lipinski definition) is 2. The van der Waals surface area contributed by atoms with Crippen molar-refractivity contribution in [2.75, 3.05) is 0 Å². The third-order valence-electron chi connectivity index (χ3n) is 2.26. The van der Waals surface area contributed by atoms with Crippen molar-refractivity contribution in [3.8, 4) is 0 Å². The number of aliphatic hydroxyl groups is 1. The fraction of sp³-hybridized carbons (Fsp3) is 0.167. The molecule has 0 radical (unpaired) electrons. The van der Waals surface area contributed by atoms with Gasteiger partial charge < -0.3 is 5.11 Å². The van der Waals surface area contributed by atoms with Gasteiger partial charge in [0.15, 0.2) is 0 Å². The van der Waals surface area contributed by atoms with Crippen molar-refractivity contribution in [2.24, 2.45) is 0 Å². The molecule has 0 amide bonds. The molecule has 0 fully saturated rings. The van der Waals surface area contributed by atoms with Crippen LogP contribution in [0.1, 0.15) is 16.5 Å². The molecule has 1 aromatic heterocycles. The lowest BCUT2D eigenvalue weighted by Crippen LogP contribution is -1.99. The summed E-state index contributed by atoms with van der Waals surface area (Å²) >= 11 is 13.1. The molecule has 0 saturated heterocycles. The Bertz CT molecular complexity index is 464. The van der Waals surface area contributed by atoms with Crippen molar-refractivity contribution in [3.05, 3.63) is 56.2 Å². The molecule has 2 rings (SSSR count). The Morgan fingerprint density at radius 1 is 1.12 bits per heavy atom. The minimum atomic E-state index is -0.501. The zero-order valence-electron chi connectivity index (χ0n) is 8.36. The SMILES string of the molecule is OC(Cc1ccc(Cl)cc1)c1cc(Cl)cs1. The molecular weight excluding hydrogens is 263 g/mol. The zero-order chi connectivity index (χ0) is 11.5. The summed E-state index contributed by atoms with van der Waals surface area (Å²) in [6.07, 6.45) is 0.0762. The molecule has 0 bridgehead atoms. The fourth-order valence-corrected chi connectivity index (χ4v) is 2.64. The first-order chi connectivity index (χ1) is 7.65. The molecule has 0 aliphatic heterocycles. The molecule has 1 atom stereocenters. The van der Waals surface area contributed by atoms with Gasteiger partial charge in [-0.3, -0.25) is 0 Å². The van der Waals surface area contributed by atoms with E-state index < -0.39 is 6.10 Å². The smallest absolute Gasteiger partial charge is 0.0922 e. The largest absolute Gasteiger partial charge is 0.387 e. The first kappa shape index (κ1) is 11.9. The van der Waals surface area contributed by atoms with Crippen molar-refractivity contribution >= 4 is 34.5 Å². The lowest BCUT2D eigenvalue weighted by molar-refractivity contribution is 0.182. The van der Waals surface area contributed by atoms with E-state index >= 15 is 0 Å². The highest BCUT2D eigenvalue weighted by molar-refractivity contribution is 7.10. The quantitative estimate of drug-likeness (QED) is 0.882. The molecule has 84 valence electrons. The van der Waals surface area contributed by atoms with Crippen LogP contribution in [0.15, 0.2) is 35.7 Å². The minimum absolute atomic E-state index is 0.501. The topological polar surface area (TPSA) is 20.2 Å². The van der Waals surface area contributed by atoms with Gasteiger partial charge in [0.1, 0.15) is 0 Å². The molecule has 16 heavy (non-hydrogen) atoms. The standard InChI is InChI=1S/C12H10Cl2OS/c13-9-3-1-8(2-4-9)5-11(15)12-6-10(14)7-16-12/h1-4,6-7,11,15H,5H2. The van der Waals surface area contributed by atoms with Crippen LogP contribution in [0.5, 0.6) is 0 Å². The summed E-state index contributed by atoms with van der Waals surface area (Å²) in [5, 5.41) is 13.2. The first-order valence-corrected chi connectivity index (χ1v) is 6.45. The Labute approximate surface area is 108 Å². The van der Waals surface area contributed by atoms with Crippen molar-refractivity contribution < 1.29 is 5.11 Å². The molecule has 1 unspecified atom stereocenters. The van der Waals surface area contributed by atoms with Crippen molar-refractivity contribution in [2.45, 2.75) is 12.5 Å². The monoisotopic (exact) mass is 272 g/mol. The third-order valence-corrected chi connectivity index (χ3v) is 3.89. The first-order valence-electron chi connectivity index (χ1n) is 4.81. The van der Waals surface area contributed by atoms with Crippen LogP contribution >= 0.6 is 34.5 Å². The lowest BCUT2D eigenvalue weighted by atomic mass is 10.1. The van der Waals surface area contributed by atoms with Crippen LogP contribution in [0.25, 0.3) is 0 Å². The normalized spacial score (nSPS) is 12.7. The number of hydrogen-bond donors (Lipinski definition) is 1. The Kier molecular flexibility index (Phi) is 3.87. The van der Waals surface area contributed by atoms with Gasteiger partial charge in [0.25, 0.3) is 0 Å². The fourth-order valence-electron chi connectivity index (χ4n) is 1.45. The Morgan fingerprint density at radius 2 is 1.81 bits per heavy atom. The van der Waals surface area contributed by atoms with Gasteiger partial charge in [0.2, 0.25) is 0 Å². The second-order valence-corrected chi connectivity index (χ2v) is 5.33. The van der Waals surface area contributed by atoms with E-state index in [-0.39, 0.29) is 0 Å². The number of aliphatic hydroxyl groups excluding tert-OH is 1. The molecule has 0 aliphatic rings. The van der Waals surface area contributed by atoms with Gasteiger partial charge in [-0.1, -0.05) is 35.3 Å². The van der Waals surface area contributed by atoms with Crippen LogP contribution < -0.4 is 0 Å². The highest BCUT2D eigenvalue weighted by atomic mass is 35.5. The predicted molar refractivity (Wildman–Crippen MR) is 69.4 cm³/mol. The van der Waals surface area contributed by atoms with Crippen LogP contribution in [0.3, 0.4) is 0 Å². The average molecular weight is 273 g/mol. The summed E-state index contributed by atoms with van der Waals surface area (Å²) in [6.45, 7) is 0. The van der Waals surface area contributed by atoms with E-state index in [0.717, 1.165) is 10.4 Å². The summed E-state index contributed by atoms with van der Waals surface area (Å²) in [5.74, 6) is 0. The van der Waals surface area contributed by atoms with E-state index in [0.29, 0.717) is 16.5 Å². The molecule has 1 heterocycles. The van der Waals surface area contributed by atoms with Gasteiger partial charge >= 0.3 is 0 Å². The molecular formula is C12H10Cl2OS. The summed E-state index contributed by atoms with van der Waals surface area (Å²) < 4.78 is 0. The van der Waals surface area contributed by atoms with Crippen molar-refractivity contribution in [1.82, 2.24) is 0 Å². The van der Waals surface area contributed by atoms with E-state index in [1.165, 1.54) is 11.3 Å². The highest BCUT2D eigenvalue weighted by Crippen LogP contribution is 2.27. The molecule has 1 nitrogen and oxygen atoms in total. The summed E-state index contributed by atoms with van der Waals surface area (Å²) in [6, 6.07) is 9.28. The second kappa shape index (κ2) is 5.19. The molecule has 1 aromatic carbocycles. The highest BCUT2D eigenvalue weighted by Gasteiger charge is 2.10. The maximum Gasteiger partial charge on any atom is 0.0922 e. The number of rotatable bonds is 3. The van der Waals surface area contributed by atoms with Gasteiger partial charge in [0, 0.05) is 21.7 Å². The van der Waals surface area contributed by atoms with Crippen LogP contribution in [-0.4, -0.2) is 5.11 Å². The predicted octanol–water partition coefficient (Wildman–Crippen LogP) is 4.33. The molecule has 0 aliphatic carbocycles. The van der Waals surface area contributed by atoms with E-state index in [9.17, 15) is 5.11 Å². The second-order valence-electron chi connectivity index (χ2n) is 3.51. The summed E-state index contributed by atoms with van der Waals surface area (Å²) in [5.41, 5.74) is 1.06. The van der Waals surface area contributed by atoms with Gasteiger partial charge in [-0.05, 0) is 23.8 Å². The Morgan fingerprint density at radius 3 is 2.38 bits per heavy atom. The van der Waals surface area contributed by atoms with Gasteiger partial charge in [-0.25, -0.2) is 0 Å². The van der Waals surface area contributed by atoms with Crippen molar-refractivity contribution in [3.63, 3.8) is 0 Å². The van der Waals surface area contributed by atoms with Crippen LogP contribution in [0, 0.1) is 0 Å². The maximum absolute atomic E-state index is 9.98. The van der Waals surface area contributed by atoms with E-state index in [1.54, 1.807) is 6.07 Å². The van der Waals surface area contributed by atoms with Crippen LogP contribution in [0.2, 0.25) is 10.0 Å². The maximum atomic E-state index is 9.98. The minimum Gasteiger partial charge on any atom is -0.387 e. The van der Waals surface area contributed by atoms with Gasteiger partial charge in [0.05, 0.1) is 11.1 Å². The molecule has 0 spiro atoms. The Hall–Kier alpha value is -0.540. The summed E-state index contributed by atoms with van der Waals surface area (Å²) in [7, 11) is 0. The van der Waals surface area contributed by atoms with E-state index in [4.69, 9.17) is 23.2 Å². The molecule has 4 heteroatoms. The average Bonchev–Trinajstić information content (AvgIpc) is 2.68. The number of thiophene rings is 1. The van der Waals surface area contributed by atoms with Gasteiger partial charge in [-0.15, -0.1) is 11.3 Å². The Balaban J connectivity index is 2.07. The van der Waals surface area contributed by atoms with Gasteiger partial charge in [-0.2, -0.15) is 0 Å². The molecule has 2 aromatic rings. The number of benzene rings is 1. The number of halogens is 2. The van der Waals surface area contributed by atoms with E-state index in [2.05, 4.69) is 0 Å². The molecule has 1 N–H and O–H groups in total. The summed E-state index contributed by atoms with van der Waals surface area (Å²) in [4.78, 5) is 0.889. The van der Waals surface area contributed by atoms with Crippen LogP contribution in [-0.2, 0) is 6.42 Å². The molecule has 0 saturated carbocycles. The zero-order valence-corrected chi connectivity index (χ0v) is 10.7. The van der Waals surface area contributed by atoms with Crippen LogP contribution in [0.4, 0.5) is 0 Å². The van der Waals surface area contributed by atoms with E-state index in [1.807, 2.05) is 29.6 Å².